The number of nitrogens with zero attached hydrogens (tertiary/aromatic N) is 2. The van der Waals surface area contributed by atoms with Gasteiger partial charge < -0.3 is 15.5 Å². The predicted octanol–water partition coefficient (Wildman–Crippen LogP) is 4.20. The van der Waals surface area contributed by atoms with Crippen LogP contribution in [0.4, 0.5) is 5.69 Å². The highest BCUT2D eigenvalue weighted by molar-refractivity contribution is 14.0. The number of rotatable bonds is 6. The molecule has 0 aliphatic carbocycles. The van der Waals surface area contributed by atoms with Gasteiger partial charge in [-0.2, -0.15) is 11.8 Å². The average Bonchev–Trinajstić information content (AvgIpc) is 3.04. The first-order valence-corrected chi connectivity index (χ1v) is 10.5. The monoisotopic (exact) mass is 540 g/mol. The van der Waals surface area contributed by atoms with Crippen LogP contribution in [0.2, 0.25) is 0 Å². The summed E-state index contributed by atoms with van der Waals surface area (Å²) in [5.41, 5.74) is 1.30. The molecule has 0 amide bonds. The maximum Gasteiger partial charge on any atom is 0.191 e. The molecule has 2 N–H and O–H groups in total. The van der Waals surface area contributed by atoms with Gasteiger partial charge in [-0.15, -0.1) is 24.0 Å². The molecular weight excluding hydrogens is 511 g/mol. The fourth-order valence-corrected chi connectivity index (χ4v) is 3.34. The van der Waals surface area contributed by atoms with Gasteiger partial charge in [-0.05, 0) is 50.6 Å². The second-order valence-electron chi connectivity index (χ2n) is 6.85. The lowest BCUT2D eigenvalue weighted by Gasteiger charge is -2.24. The largest absolute Gasteiger partial charge is 0.371 e. The van der Waals surface area contributed by atoms with Crippen molar-refractivity contribution in [3.05, 3.63) is 28.7 Å². The normalized spacial score (nSPS) is 18.0. The lowest BCUT2D eigenvalue weighted by atomic mass is 10.1. The average molecular weight is 541 g/mol. The standard InChI is InChI=1S/C18H29BrN4S.HI/c1-18(2,24-4)13-22-17(20-3)21-11-14-8-9-23(12-14)16-7-5-6-15(19)10-16;/h5-7,10,14H,8-9,11-13H2,1-4H3,(H2,20,21,22);1H. The topological polar surface area (TPSA) is 39.7 Å². The third-order valence-corrected chi connectivity index (χ3v) is 6.22. The number of halogens is 2. The summed E-state index contributed by atoms with van der Waals surface area (Å²) in [7, 11) is 1.84. The Morgan fingerprint density at radius 3 is 2.80 bits per heavy atom. The number of anilines is 1. The Morgan fingerprint density at radius 2 is 2.16 bits per heavy atom. The Kier molecular flexibility index (Phi) is 9.95. The minimum Gasteiger partial charge on any atom is -0.371 e. The van der Waals surface area contributed by atoms with Gasteiger partial charge in [-0.25, -0.2) is 0 Å². The van der Waals surface area contributed by atoms with E-state index in [1.54, 1.807) is 0 Å². The molecule has 1 aromatic carbocycles. The van der Waals surface area contributed by atoms with Crippen molar-refractivity contribution in [2.45, 2.75) is 25.0 Å². The number of hydrogen-bond donors (Lipinski definition) is 2. The molecule has 25 heavy (non-hydrogen) atoms. The zero-order chi connectivity index (χ0) is 17.6. The summed E-state index contributed by atoms with van der Waals surface area (Å²) in [6.45, 7) is 8.56. The maximum absolute atomic E-state index is 4.34. The molecule has 0 spiro atoms. The number of hydrogen-bond acceptors (Lipinski definition) is 3. The molecule has 1 unspecified atom stereocenters. The number of aliphatic imine (C=N–C) groups is 1. The summed E-state index contributed by atoms with van der Waals surface area (Å²) in [4.78, 5) is 6.80. The molecule has 1 fully saturated rings. The number of benzene rings is 1. The molecule has 1 saturated heterocycles. The summed E-state index contributed by atoms with van der Waals surface area (Å²) in [5, 5.41) is 6.92. The van der Waals surface area contributed by atoms with E-state index in [2.05, 4.69) is 80.8 Å². The second kappa shape index (κ2) is 10.9. The van der Waals surface area contributed by atoms with Gasteiger partial charge in [0.05, 0.1) is 0 Å². The van der Waals surface area contributed by atoms with Crippen LogP contribution in [-0.4, -0.2) is 50.2 Å². The summed E-state index contributed by atoms with van der Waals surface area (Å²) in [6, 6.07) is 8.56. The van der Waals surface area contributed by atoms with Crippen molar-refractivity contribution in [1.82, 2.24) is 10.6 Å². The Hall–Kier alpha value is -0.150. The van der Waals surface area contributed by atoms with Crippen molar-refractivity contribution in [2.75, 3.05) is 44.4 Å². The molecule has 7 heteroatoms. The Bertz CT molecular complexity index is 568. The fourth-order valence-electron chi connectivity index (χ4n) is 2.74. The summed E-state index contributed by atoms with van der Waals surface area (Å²) >= 11 is 5.42. The van der Waals surface area contributed by atoms with E-state index in [9.17, 15) is 0 Å². The highest BCUT2D eigenvalue weighted by Crippen LogP contribution is 2.26. The Morgan fingerprint density at radius 1 is 1.40 bits per heavy atom. The van der Waals surface area contributed by atoms with E-state index < -0.39 is 0 Å². The molecule has 142 valence electrons. The van der Waals surface area contributed by atoms with E-state index in [0.717, 1.165) is 36.6 Å². The molecule has 1 atom stereocenters. The minimum atomic E-state index is 0. The van der Waals surface area contributed by atoms with Crippen LogP contribution in [0.25, 0.3) is 0 Å². The summed E-state index contributed by atoms with van der Waals surface area (Å²) in [6.07, 6.45) is 3.36. The molecule has 1 aliphatic rings. The SMILES string of the molecule is CN=C(NCC1CCN(c2cccc(Br)c2)C1)NCC(C)(C)SC.I. The lowest BCUT2D eigenvalue weighted by Crippen LogP contribution is -2.44. The first-order valence-electron chi connectivity index (χ1n) is 8.44. The van der Waals surface area contributed by atoms with Crippen LogP contribution >= 0.6 is 51.7 Å². The van der Waals surface area contributed by atoms with E-state index >= 15 is 0 Å². The van der Waals surface area contributed by atoms with E-state index in [1.165, 1.54) is 12.1 Å². The molecule has 1 aliphatic heterocycles. The molecular formula is C18H30BrIN4S. The molecule has 0 saturated carbocycles. The summed E-state index contributed by atoms with van der Waals surface area (Å²) in [5.74, 6) is 1.55. The smallest absolute Gasteiger partial charge is 0.191 e. The fraction of sp³-hybridized carbons (Fsp3) is 0.611. The van der Waals surface area contributed by atoms with E-state index in [4.69, 9.17) is 0 Å². The third kappa shape index (κ3) is 7.54. The Balaban J connectivity index is 0.00000312. The van der Waals surface area contributed by atoms with Crippen molar-refractivity contribution in [1.29, 1.82) is 0 Å². The van der Waals surface area contributed by atoms with Crippen LogP contribution in [0, 0.1) is 5.92 Å². The first kappa shape index (κ1) is 22.9. The number of guanidine groups is 1. The van der Waals surface area contributed by atoms with Gasteiger partial charge in [-0.1, -0.05) is 22.0 Å². The van der Waals surface area contributed by atoms with Gasteiger partial charge in [0, 0.05) is 48.1 Å². The predicted molar refractivity (Wildman–Crippen MR) is 127 cm³/mol. The van der Waals surface area contributed by atoms with Gasteiger partial charge in [0.25, 0.3) is 0 Å². The summed E-state index contributed by atoms with van der Waals surface area (Å²) < 4.78 is 1.35. The quantitative estimate of drug-likeness (QED) is 0.322. The lowest BCUT2D eigenvalue weighted by molar-refractivity contribution is 0.562. The molecule has 0 aromatic heterocycles. The Labute approximate surface area is 182 Å². The number of nitrogens with one attached hydrogen (secondary N) is 2. The molecule has 2 rings (SSSR count). The van der Waals surface area contributed by atoms with E-state index in [1.807, 2.05) is 18.8 Å². The van der Waals surface area contributed by atoms with Crippen LogP contribution in [0.15, 0.2) is 33.7 Å². The number of thioether (sulfide) groups is 1. The van der Waals surface area contributed by atoms with Crippen LogP contribution in [0.5, 0.6) is 0 Å². The van der Waals surface area contributed by atoms with Crippen LogP contribution < -0.4 is 15.5 Å². The van der Waals surface area contributed by atoms with Crippen molar-refractivity contribution < 1.29 is 0 Å². The highest BCUT2D eigenvalue weighted by Gasteiger charge is 2.23. The van der Waals surface area contributed by atoms with E-state index in [0.29, 0.717) is 5.92 Å². The first-order chi connectivity index (χ1) is 11.4. The van der Waals surface area contributed by atoms with Crippen molar-refractivity contribution >= 4 is 63.3 Å². The highest BCUT2D eigenvalue weighted by atomic mass is 127. The van der Waals surface area contributed by atoms with Crippen molar-refractivity contribution in [3.63, 3.8) is 0 Å². The molecule has 1 aromatic rings. The molecule has 1 heterocycles. The molecule has 0 bridgehead atoms. The van der Waals surface area contributed by atoms with Crippen LogP contribution in [-0.2, 0) is 0 Å². The van der Waals surface area contributed by atoms with Gasteiger partial charge >= 0.3 is 0 Å². The van der Waals surface area contributed by atoms with Gasteiger partial charge in [-0.3, -0.25) is 4.99 Å². The van der Waals surface area contributed by atoms with Crippen molar-refractivity contribution in [3.8, 4) is 0 Å². The third-order valence-electron chi connectivity index (χ3n) is 4.48. The van der Waals surface area contributed by atoms with Gasteiger partial charge in [0.15, 0.2) is 5.96 Å². The van der Waals surface area contributed by atoms with Gasteiger partial charge in [0.1, 0.15) is 0 Å². The maximum atomic E-state index is 4.34. The van der Waals surface area contributed by atoms with Crippen LogP contribution in [0.3, 0.4) is 0 Å². The second-order valence-corrected chi connectivity index (χ2v) is 9.28. The zero-order valence-electron chi connectivity index (χ0n) is 15.5. The molecule has 0 radical (unpaired) electrons. The van der Waals surface area contributed by atoms with Crippen LogP contribution in [0.1, 0.15) is 20.3 Å². The van der Waals surface area contributed by atoms with E-state index in [-0.39, 0.29) is 28.7 Å². The minimum absolute atomic E-state index is 0. The zero-order valence-corrected chi connectivity index (χ0v) is 20.2. The van der Waals surface area contributed by atoms with Crippen molar-refractivity contribution in [2.24, 2.45) is 10.9 Å². The molecule has 4 nitrogen and oxygen atoms in total. The van der Waals surface area contributed by atoms with Gasteiger partial charge in [0.2, 0.25) is 0 Å².